The van der Waals surface area contributed by atoms with Gasteiger partial charge in [-0.2, -0.15) is 13.5 Å². The monoisotopic (exact) mass is 279 g/mol. The van der Waals surface area contributed by atoms with E-state index in [0.717, 1.165) is 0 Å². The molecule has 0 saturated heterocycles. The molecular formula is C12H25NO4S. The van der Waals surface area contributed by atoms with Crippen LogP contribution in [-0.2, 0) is 9.53 Å². The largest absolute Gasteiger partial charge is 0.481 e. The molecule has 0 aromatic heterocycles. The maximum Gasteiger partial charge on any atom is 0.407 e. The summed E-state index contributed by atoms with van der Waals surface area (Å²) >= 11 is 0. The fraction of sp³-hybridized carbons (Fsp3) is 0.833. The van der Waals surface area contributed by atoms with Gasteiger partial charge in [0.1, 0.15) is 5.60 Å². The smallest absolute Gasteiger partial charge is 0.407 e. The van der Waals surface area contributed by atoms with E-state index < -0.39 is 23.6 Å². The van der Waals surface area contributed by atoms with Crippen molar-refractivity contribution in [1.29, 1.82) is 0 Å². The molecule has 1 amide bonds. The number of rotatable bonds is 5. The van der Waals surface area contributed by atoms with Gasteiger partial charge >= 0.3 is 12.1 Å². The first-order chi connectivity index (χ1) is 7.61. The minimum Gasteiger partial charge on any atom is -0.481 e. The number of nitrogens with one attached hydrogen (secondary N) is 1. The Bertz CT molecular complexity index is 274. The Balaban J connectivity index is 0. The fourth-order valence-electron chi connectivity index (χ4n) is 1.36. The van der Waals surface area contributed by atoms with Crippen LogP contribution in [0.1, 0.15) is 41.0 Å². The average molecular weight is 279 g/mol. The van der Waals surface area contributed by atoms with Crippen LogP contribution < -0.4 is 5.32 Å². The van der Waals surface area contributed by atoms with Crippen LogP contribution in [0.2, 0.25) is 0 Å². The molecule has 0 aromatic rings. The van der Waals surface area contributed by atoms with E-state index in [4.69, 9.17) is 9.84 Å². The van der Waals surface area contributed by atoms with Crippen LogP contribution in [0.25, 0.3) is 0 Å². The summed E-state index contributed by atoms with van der Waals surface area (Å²) in [5.41, 5.74) is -0.569. The Morgan fingerprint density at radius 3 is 2.11 bits per heavy atom. The topological polar surface area (TPSA) is 75.6 Å². The minimum atomic E-state index is -0.894. The summed E-state index contributed by atoms with van der Waals surface area (Å²) in [5.74, 6) is -1.19. The molecule has 0 aliphatic carbocycles. The van der Waals surface area contributed by atoms with E-state index in [2.05, 4.69) is 5.32 Å². The average Bonchev–Trinajstić information content (AvgIpc) is 2.08. The highest BCUT2D eigenvalue weighted by Gasteiger charge is 2.21. The normalized spacial score (nSPS) is 12.6. The number of alkyl carbamates (subject to hydrolysis) is 1. The van der Waals surface area contributed by atoms with E-state index >= 15 is 0 Å². The van der Waals surface area contributed by atoms with Crippen LogP contribution >= 0.6 is 13.5 Å². The zero-order valence-corrected chi connectivity index (χ0v) is 12.7. The summed E-state index contributed by atoms with van der Waals surface area (Å²) in [4.78, 5) is 22.3. The van der Waals surface area contributed by atoms with E-state index in [1.54, 1.807) is 20.8 Å². The number of hydrogen-bond donors (Lipinski definition) is 2. The summed E-state index contributed by atoms with van der Waals surface area (Å²) in [5, 5.41) is 11.5. The quantitative estimate of drug-likeness (QED) is 0.810. The Morgan fingerprint density at radius 2 is 1.78 bits per heavy atom. The molecule has 0 aliphatic rings. The third-order valence-electron chi connectivity index (χ3n) is 2.00. The molecule has 0 unspecified atom stereocenters. The Morgan fingerprint density at radius 1 is 1.28 bits per heavy atom. The second-order valence-corrected chi connectivity index (χ2v) is 5.55. The summed E-state index contributed by atoms with van der Waals surface area (Å²) < 4.78 is 5.03. The van der Waals surface area contributed by atoms with E-state index in [1.807, 2.05) is 13.8 Å². The number of aliphatic carboxylic acids is 1. The molecule has 0 aromatic carbocycles. The molecule has 0 rings (SSSR count). The fourth-order valence-corrected chi connectivity index (χ4v) is 1.36. The van der Waals surface area contributed by atoms with Crippen molar-refractivity contribution >= 4 is 25.6 Å². The number of carbonyl (C=O) groups excluding carboxylic acids is 1. The molecular weight excluding hydrogens is 254 g/mol. The molecule has 5 nitrogen and oxygen atoms in total. The third kappa shape index (κ3) is 10.3. The molecule has 0 spiro atoms. The highest BCUT2D eigenvalue weighted by molar-refractivity contribution is 7.59. The molecule has 0 fully saturated rings. The molecule has 0 heterocycles. The van der Waals surface area contributed by atoms with Gasteiger partial charge in [0.05, 0.1) is 5.92 Å². The van der Waals surface area contributed by atoms with Gasteiger partial charge in [0.15, 0.2) is 0 Å². The molecule has 1 atom stereocenters. The Labute approximate surface area is 116 Å². The third-order valence-corrected chi connectivity index (χ3v) is 2.00. The molecule has 108 valence electrons. The van der Waals surface area contributed by atoms with Crippen molar-refractivity contribution in [2.24, 2.45) is 11.8 Å². The number of carboxylic acid groups (broad SMARTS) is 1. The van der Waals surface area contributed by atoms with Gasteiger partial charge in [-0.1, -0.05) is 13.8 Å². The maximum absolute atomic E-state index is 11.3. The van der Waals surface area contributed by atoms with Crippen molar-refractivity contribution in [2.45, 2.75) is 46.6 Å². The lowest BCUT2D eigenvalue weighted by Crippen LogP contribution is -2.37. The molecule has 0 aliphatic heterocycles. The van der Waals surface area contributed by atoms with Gasteiger partial charge in [-0.25, -0.2) is 4.79 Å². The maximum atomic E-state index is 11.3. The van der Waals surface area contributed by atoms with Crippen molar-refractivity contribution in [3.63, 3.8) is 0 Å². The lowest BCUT2D eigenvalue weighted by Gasteiger charge is -2.21. The molecule has 0 bridgehead atoms. The van der Waals surface area contributed by atoms with Gasteiger partial charge in [0.25, 0.3) is 0 Å². The number of carbonyl (C=O) groups is 2. The zero-order chi connectivity index (χ0) is 13.6. The predicted octanol–water partition coefficient (Wildman–Crippen LogP) is 2.37. The first-order valence-electron chi connectivity index (χ1n) is 5.81. The second kappa shape index (κ2) is 8.24. The lowest BCUT2D eigenvalue weighted by atomic mass is 9.97. The van der Waals surface area contributed by atoms with Crippen LogP contribution in [-0.4, -0.2) is 29.3 Å². The first kappa shape index (κ1) is 19.4. The zero-order valence-electron chi connectivity index (χ0n) is 11.7. The van der Waals surface area contributed by atoms with Crippen molar-refractivity contribution in [2.75, 3.05) is 6.54 Å². The number of ether oxygens (including phenoxy) is 1. The summed E-state index contributed by atoms with van der Waals surface area (Å²) in [6.45, 7) is 9.27. The summed E-state index contributed by atoms with van der Waals surface area (Å²) in [7, 11) is 0. The van der Waals surface area contributed by atoms with Crippen molar-refractivity contribution in [3.8, 4) is 0 Å². The lowest BCUT2D eigenvalue weighted by molar-refractivity contribution is -0.142. The number of amides is 1. The highest BCUT2D eigenvalue weighted by atomic mass is 32.1. The summed E-state index contributed by atoms with van der Waals surface area (Å²) in [6, 6.07) is 0. The minimum absolute atomic E-state index is 0. The van der Waals surface area contributed by atoms with Gasteiger partial charge in [0, 0.05) is 6.54 Å². The van der Waals surface area contributed by atoms with Gasteiger partial charge in [-0.15, -0.1) is 0 Å². The molecule has 18 heavy (non-hydrogen) atoms. The van der Waals surface area contributed by atoms with E-state index in [9.17, 15) is 9.59 Å². The standard InChI is InChI=1S/C12H23NO4.H2S/c1-8(2)6-9(10(14)15)7-13-11(16)17-12(3,4)5;/h8-9H,6-7H2,1-5H3,(H,13,16)(H,14,15);1H2/t9-;/m0./s1. The predicted molar refractivity (Wildman–Crippen MR) is 75.2 cm³/mol. The van der Waals surface area contributed by atoms with E-state index in [0.29, 0.717) is 6.42 Å². The first-order valence-corrected chi connectivity index (χ1v) is 5.81. The van der Waals surface area contributed by atoms with E-state index in [1.165, 1.54) is 0 Å². The van der Waals surface area contributed by atoms with Crippen LogP contribution in [0.4, 0.5) is 4.79 Å². The van der Waals surface area contributed by atoms with Gasteiger partial charge in [-0.3, -0.25) is 4.79 Å². The van der Waals surface area contributed by atoms with Crippen LogP contribution in [0.5, 0.6) is 0 Å². The highest BCUT2D eigenvalue weighted by Crippen LogP contribution is 2.12. The van der Waals surface area contributed by atoms with Crippen molar-refractivity contribution < 1.29 is 19.4 Å². The van der Waals surface area contributed by atoms with Crippen LogP contribution in [0, 0.1) is 11.8 Å². The molecule has 0 radical (unpaired) electrons. The molecule has 0 saturated carbocycles. The van der Waals surface area contributed by atoms with Crippen molar-refractivity contribution in [3.05, 3.63) is 0 Å². The summed E-state index contributed by atoms with van der Waals surface area (Å²) in [6.07, 6.45) is -0.0435. The Hall–Kier alpha value is -0.910. The second-order valence-electron chi connectivity index (χ2n) is 5.55. The molecule has 2 N–H and O–H groups in total. The van der Waals surface area contributed by atoms with E-state index in [-0.39, 0.29) is 26.0 Å². The van der Waals surface area contributed by atoms with Gasteiger partial charge < -0.3 is 15.2 Å². The van der Waals surface area contributed by atoms with Gasteiger partial charge in [0.2, 0.25) is 0 Å². The number of carboxylic acids is 1. The van der Waals surface area contributed by atoms with Crippen LogP contribution in [0.3, 0.4) is 0 Å². The van der Waals surface area contributed by atoms with Gasteiger partial charge in [-0.05, 0) is 33.1 Å². The Kier molecular flexibility index (Phi) is 8.89. The number of hydrogen-bond acceptors (Lipinski definition) is 3. The molecule has 6 heteroatoms. The SMILES string of the molecule is CC(C)C[C@@H](CNC(=O)OC(C)(C)C)C(=O)O.S. The van der Waals surface area contributed by atoms with Crippen molar-refractivity contribution in [1.82, 2.24) is 5.32 Å². The van der Waals surface area contributed by atoms with Crippen LogP contribution in [0.15, 0.2) is 0 Å².